The van der Waals surface area contributed by atoms with Gasteiger partial charge < -0.3 is 14.6 Å². The Morgan fingerprint density at radius 3 is 2.43 bits per heavy atom. The molecule has 3 aromatic carbocycles. The molecule has 2 heterocycles. The molecule has 5 rings (SSSR count). The maximum Gasteiger partial charge on any atom is 0.416 e. The molecule has 13 heteroatoms. The molecule has 0 spiro atoms. The second kappa shape index (κ2) is 14.9. The first-order valence-corrected chi connectivity index (χ1v) is 16.2. The summed E-state index contributed by atoms with van der Waals surface area (Å²) in [6.07, 6.45) is -0.132. The molecule has 2 aliphatic rings. The van der Waals surface area contributed by atoms with Gasteiger partial charge in [0, 0.05) is 29.2 Å². The fourth-order valence-electron chi connectivity index (χ4n) is 5.11. The summed E-state index contributed by atoms with van der Waals surface area (Å²) in [6, 6.07) is 14.2. The number of thiocarbonyl (C=S) groups is 1. The van der Waals surface area contributed by atoms with Gasteiger partial charge in [0.15, 0.2) is 0 Å². The predicted octanol–water partition coefficient (Wildman–Crippen LogP) is 7.87. The van der Waals surface area contributed by atoms with Crippen LogP contribution in [0.3, 0.4) is 0 Å². The van der Waals surface area contributed by atoms with Crippen LogP contribution in [0.15, 0.2) is 65.6 Å². The van der Waals surface area contributed by atoms with Crippen molar-refractivity contribution in [1.82, 2.24) is 9.80 Å². The highest BCUT2D eigenvalue weighted by molar-refractivity contribution is 8.26. The summed E-state index contributed by atoms with van der Waals surface area (Å²) in [5.41, 5.74) is 0.501. The number of nitrogens with zero attached hydrogens (tertiary/aromatic N) is 2. The highest BCUT2D eigenvalue weighted by Crippen LogP contribution is 2.39. The lowest BCUT2D eigenvalue weighted by Crippen LogP contribution is -2.29. The summed E-state index contributed by atoms with van der Waals surface area (Å²) in [7, 11) is 0. The first-order chi connectivity index (χ1) is 22.0. The summed E-state index contributed by atoms with van der Waals surface area (Å²) < 4.78 is 52.6. The van der Waals surface area contributed by atoms with E-state index in [0.29, 0.717) is 51.4 Å². The third-order valence-corrected chi connectivity index (χ3v) is 9.24. The fraction of sp³-hybridized carbons (Fsp3) is 0.303. The molecule has 2 aliphatic heterocycles. The Labute approximate surface area is 278 Å². The zero-order valence-electron chi connectivity index (χ0n) is 24.5. The highest BCUT2D eigenvalue weighted by atomic mass is 35.5. The number of ether oxygens (including phenoxy) is 2. The van der Waals surface area contributed by atoms with Crippen molar-refractivity contribution in [2.24, 2.45) is 0 Å². The quantitative estimate of drug-likeness (QED) is 0.117. The average molecular weight is 691 g/mol. The number of likely N-dealkylation sites (tertiary alicyclic amines) is 1. The van der Waals surface area contributed by atoms with Crippen molar-refractivity contribution in [3.63, 3.8) is 0 Å². The Morgan fingerprint density at radius 1 is 1.00 bits per heavy atom. The number of hydrogen-bond donors (Lipinski definition) is 1. The van der Waals surface area contributed by atoms with Gasteiger partial charge in [-0.25, -0.2) is 4.79 Å². The monoisotopic (exact) mass is 690 g/mol. The summed E-state index contributed by atoms with van der Waals surface area (Å²) in [5, 5.41) is 9.19. The maximum atomic E-state index is 13.5. The second-order valence-electron chi connectivity index (χ2n) is 10.7. The van der Waals surface area contributed by atoms with E-state index >= 15 is 0 Å². The number of aromatic carboxylic acids is 1. The smallest absolute Gasteiger partial charge is 0.416 e. The maximum absolute atomic E-state index is 13.5. The number of hydrogen-bond acceptors (Lipinski definition) is 7. The Hall–Kier alpha value is -3.58. The minimum absolute atomic E-state index is 0.153. The third-order valence-electron chi connectivity index (χ3n) is 7.53. The molecule has 0 atom stereocenters. The van der Waals surface area contributed by atoms with Crippen LogP contribution in [0.1, 0.15) is 40.7 Å². The van der Waals surface area contributed by atoms with E-state index in [1.54, 1.807) is 36.4 Å². The number of rotatable bonds is 12. The van der Waals surface area contributed by atoms with E-state index in [1.807, 2.05) is 0 Å². The molecule has 1 amide bonds. The number of carbonyl (C=O) groups is 2. The minimum atomic E-state index is -4.54. The van der Waals surface area contributed by atoms with E-state index in [-0.39, 0.29) is 28.7 Å². The van der Waals surface area contributed by atoms with E-state index in [2.05, 4.69) is 4.90 Å². The summed E-state index contributed by atoms with van der Waals surface area (Å²) in [5.74, 6) is -0.334. The summed E-state index contributed by atoms with van der Waals surface area (Å²) in [4.78, 5) is 28.6. The lowest BCUT2D eigenvalue weighted by molar-refractivity contribution is -0.137. The van der Waals surface area contributed by atoms with Crippen molar-refractivity contribution in [2.45, 2.75) is 25.4 Å². The van der Waals surface area contributed by atoms with Crippen LogP contribution < -0.4 is 9.47 Å². The van der Waals surface area contributed by atoms with Gasteiger partial charge in [0.05, 0.1) is 22.6 Å². The number of alkyl halides is 3. The van der Waals surface area contributed by atoms with E-state index < -0.39 is 17.7 Å². The van der Waals surface area contributed by atoms with E-state index in [9.17, 15) is 22.8 Å². The van der Waals surface area contributed by atoms with Crippen molar-refractivity contribution in [2.75, 3.05) is 39.4 Å². The van der Waals surface area contributed by atoms with Gasteiger partial charge in [-0.2, -0.15) is 13.2 Å². The molecule has 0 aliphatic carbocycles. The molecule has 2 fully saturated rings. The molecule has 46 heavy (non-hydrogen) atoms. The van der Waals surface area contributed by atoms with Crippen molar-refractivity contribution in [1.29, 1.82) is 0 Å². The number of halogens is 4. The van der Waals surface area contributed by atoms with Crippen molar-refractivity contribution >= 4 is 57.9 Å². The van der Waals surface area contributed by atoms with E-state index in [1.165, 1.54) is 23.1 Å². The number of thioether (sulfide) groups is 1. The first kappa shape index (κ1) is 33.8. The van der Waals surface area contributed by atoms with Crippen LogP contribution in [0, 0.1) is 0 Å². The molecule has 0 bridgehead atoms. The Bertz CT molecular complexity index is 1640. The van der Waals surface area contributed by atoms with E-state index in [0.717, 1.165) is 56.4 Å². The topological polar surface area (TPSA) is 79.3 Å². The van der Waals surface area contributed by atoms with Crippen LogP contribution in [-0.4, -0.2) is 70.5 Å². The third kappa shape index (κ3) is 8.41. The lowest BCUT2D eigenvalue weighted by atomic mass is 9.99. The van der Waals surface area contributed by atoms with Crippen LogP contribution in [0.25, 0.3) is 17.2 Å². The van der Waals surface area contributed by atoms with Crippen molar-refractivity contribution in [3.8, 4) is 22.6 Å². The molecular formula is C33H30ClF3N2O5S2. The van der Waals surface area contributed by atoms with Gasteiger partial charge in [-0.3, -0.25) is 14.6 Å². The zero-order chi connectivity index (χ0) is 32.8. The molecule has 7 nitrogen and oxygen atoms in total. The number of amides is 1. The summed E-state index contributed by atoms with van der Waals surface area (Å²) in [6.45, 7) is 3.73. The molecule has 0 radical (unpaired) electrons. The molecule has 0 saturated carbocycles. The molecule has 242 valence electrons. The first-order valence-electron chi connectivity index (χ1n) is 14.6. The van der Waals surface area contributed by atoms with Crippen LogP contribution in [0.5, 0.6) is 11.5 Å². The molecule has 3 aromatic rings. The lowest BCUT2D eigenvalue weighted by Gasteiger charge is -2.17. The van der Waals surface area contributed by atoms with Crippen LogP contribution in [0.4, 0.5) is 13.2 Å². The normalized spacial score (nSPS) is 16.4. The summed E-state index contributed by atoms with van der Waals surface area (Å²) >= 11 is 13.0. The number of carboxylic acid groups (broad SMARTS) is 1. The van der Waals surface area contributed by atoms with Gasteiger partial charge in [-0.1, -0.05) is 41.6 Å². The second-order valence-corrected chi connectivity index (χ2v) is 12.8. The molecule has 0 aromatic heterocycles. The average Bonchev–Trinajstić information content (AvgIpc) is 3.63. The Morgan fingerprint density at radius 2 is 1.74 bits per heavy atom. The predicted molar refractivity (Wildman–Crippen MR) is 176 cm³/mol. The number of carboxylic acids is 1. The zero-order valence-corrected chi connectivity index (χ0v) is 26.9. The van der Waals surface area contributed by atoms with Crippen molar-refractivity contribution in [3.05, 3.63) is 87.3 Å². The molecular weight excluding hydrogens is 661 g/mol. The van der Waals surface area contributed by atoms with Crippen molar-refractivity contribution < 1.29 is 37.3 Å². The van der Waals surface area contributed by atoms with E-state index in [4.69, 9.17) is 38.4 Å². The van der Waals surface area contributed by atoms with Gasteiger partial charge in [0.2, 0.25) is 0 Å². The van der Waals surface area contributed by atoms with Crippen LogP contribution in [-0.2, 0) is 11.0 Å². The molecule has 0 unspecified atom stereocenters. The van der Waals surface area contributed by atoms with Gasteiger partial charge in [0.25, 0.3) is 5.91 Å². The van der Waals surface area contributed by atoms with Gasteiger partial charge in [-0.05, 0) is 98.6 Å². The van der Waals surface area contributed by atoms with Crippen LogP contribution in [0.2, 0.25) is 5.02 Å². The molecule has 1 N–H and O–H groups in total. The van der Waals surface area contributed by atoms with Crippen LogP contribution >= 0.6 is 35.6 Å². The Balaban J connectivity index is 1.33. The SMILES string of the molecule is O=C(O)c1ccc(OCCCN2C(=O)/C(=C/c3cc(-c4cc(C(F)(F)F)ccc4Cl)ccc3OCCN3CCCC3)SC2=S)cc1. The standard InChI is InChI=1S/C33H30ClF3N2O5S2/c34-27-10-7-24(33(35,36)37)20-26(27)22-6-11-28(44-17-15-38-12-1-2-13-38)23(18-22)19-29-30(40)39(32(45)46-29)14-3-16-43-25-8-4-21(5-9-25)31(41)42/h4-11,18-20H,1-3,12-17H2,(H,41,42)/b29-19-. The van der Waals surface area contributed by atoms with Gasteiger partial charge in [-0.15, -0.1) is 0 Å². The molecule has 2 saturated heterocycles. The van der Waals surface area contributed by atoms with Gasteiger partial charge >= 0.3 is 12.1 Å². The highest BCUT2D eigenvalue weighted by Gasteiger charge is 2.33. The number of benzene rings is 3. The van der Waals surface area contributed by atoms with Gasteiger partial charge in [0.1, 0.15) is 22.4 Å². The number of carbonyl (C=O) groups excluding carboxylic acids is 1. The minimum Gasteiger partial charge on any atom is -0.494 e. The Kier molecular flexibility index (Phi) is 10.9. The fourth-order valence-corrected chi connectivity index (χ4v) is 6.64. The largest absolute Gasteiger partial charge is 0.494 e.